The van der Waals surface area contributed by atoms with E-state index >= 15 is 0 Å². The molecule has 4 heteroatoms. The summed E-state index contributed by atoms with van der Waals surface area (Å²) in [5.41, 5.74) is 0.842. The molecule has 2 amide bonds. The van der Waals surface area contributed by atoms with Gasteiger partial charge in [0.1, 0.15) is 0 Å². The minimum absolute atomic E-state index is 0.0204. The monoisotopic (exact) mass is 257 g/mol. The zero-order valence-corrected chi connectivity index (χ0v) is 10.6. The molecule has 0 saturated heterocycles. The second-order valence-electron chi connectivity index (χ2n) is 5.11. The molecule has 1 heterocycles. The standard InChI is InChI=1S/C15H15NO3/c17-13-9-3-1-2-8-12(13)16-14(18)10-6-4-5-7-11(10)15(16)19/h4-7,12H,1-3,8-9H2/t12-/m0/s1. The predicted molar refractivity (Wildman–Crippen MR) is 68.8 cm³/mol. The van der Waals surface area contributed by atoms with Crippen LogP contribution in [0.2, 0.25) is 0 Å². The van der Waals surface area contributed by atoms with Gasteiger partial charge in [-0.05, 0) is 25.0 Å². The van der Waals surface area contributed by atoms with Crippen molar-refractivity contribution in [2.75, 3.05) is 0 Å². The maximum Gasteiger partial charge on any atom is 0.262 e. The fourth-order valence-electron chi connectivity index (χ4n) is 2.91. The van der Waals surface area contributed by atoms with Crippen LogP contribution < -0.4 is 0 Å². The zero-order valence-electron chi connectivity index (χ0n) is 10.6. The molecule has 0 bridgehead atoms. The second-order valence-corrected chi connectivity index (χ2v) is 5.11. The van der Waals surface area contributed by atoms with Crippen molar-refractivity contribution in [1.82, 2.24) is 4.90 Å². The van der Waals surface area contributed by atoms with Gasteiger partial charge in [0.25, 0.3) is 11.8 Å². The number of Topliss-reactive ketones (excluding diaryl/α,β-unsaturated/α-hetero) is 1. The molecule has 0 N–H and O–H groups in total. The first-order valence-corrected chi connectivity index (χ1v) is 6.70. The quantitative estimate of drug-likeness (QED) is 0.572. The van der Waals surface area contributed by atoms with Crippen LogP contribution >= 0.6 is 0 Å². The fraction of sp³-hybridized carbons (Fsp3) is 0.400. The number of hydrogen-bond acceptors (Lipinski definition) is 3. The lowest BCUT2D eigenvalue weighted by molar-refractivity contribution is -0.122. The molecule has 98 valence electrons. The number of benzene rings is 1. The Hall–Kier alpha value is -1.97. The van der Waals surface area contributed by atoms with Crippen molar-refractivity contribution in [3.63, 3.8) is 0 Å². The number of ketones is 1. The van der Waals surface area contributed by atoms with E-state index in [9.17, 15) is 14.4 Å². The molecule has 1 aromatic carbocycles. The highest BCUT2D eigenvalue weighted by molar-refractivity contribution is 6.22. The van der Waals surface area contributed by atoms with E-state index in [0.717, 1.165) is 19.3 Å². The highest BCUT2D eigenvalue weighted by Crippen LogP contribution is 2.28. The summed E-state index contributed by atoms with van der Waals surface area (Å²) in [4.78, 5) is 37.9. The number of carbonyl (C=O) groups is 3. The number of rotatable bonds is 1. The molecule has 0 unspecified atom stereocenters. The summed E-state index contributed by atoms with van der Waals surface area (Å²) in [6, 6.07) is 6.22. The number of amides is 2. The van der Waals surface area contributed by atoms with Gasteiger partial charge in [-0.25, -0.2) is 0 Å². The topological polar surface area (TPSA) is 54.5 Å². The minimum Gasteiger partial charge on any atom is -0.297 e. The van der Waals surface area contributed by atoms with E-state index in [2.05, 4.69) is 0 Å². The Labute approximate surface area is 111 Å². The Bertz CT molecular complexity index is 529. The van der Waals surface area contributed by atoms with Gasteiger partial charge in [0.15, 0.2) is 5.78 Å². The van der Waals surface area contributed by atoms with Crippen LogP contribution in [-0.2, 0) is 4.79 Å². The third-order valence-corrected chi connectivity index (χ3v) is 3.91. The van der Waals surface area contributed by atoms with Crippen LogP contribution in [0.4, 0.5) is 0 Å². The molecule has 2 aliphatic rings. The number of imide groups is 1. The molecule has 1 atom stereocenters. The average Bonchev–Trinajstić information content (AvgIpc) is 2.57. The molecular formula is C15H15NO3. The number of carbonyl (C=O) groups excluding carboxylic acids is 3. The van der Waals surface area contributed by atoms with E-state index in [4.69, 9.17) is 0 Å². The summed E-state index contributed by atoms with van der Waals surface area (Å²) in [5.74, 6) is -0.617. The lowest BCUT2D eigenvalue weighted by atomic mass is 10.1. The number of fused-ring (bicyclic) bond motifs is 1. The minimum atomic E-state index is -0.560. The maximum absolute atomic E-state index is 12.3. The fourth-order valence-corrected chi connectivity index (χ4v) is 2.91. The Balaban J connectivity index is 1.97. The molecule has 0 spiro atoms. The lowest BCUT2D eigenvalue weighted by Crippen LogP contribution is -2.44. The third-order valence-electron chi connectivity index (χ3n) is 3.91. The molecule has 4 nitrogen and oxygen atoms in total. The van der Waals surface area contributed by atoms with E-state index in [1.165, 1.54) is 4.90 Å². The van der Waals surface area contributed by atoms with Crippen LogP contribution in [0.15, 0.2) is 24.3 Å². The van der Waals surface area contributed by atoms with Crippen molar-refractivity contribution in [2.24, 2.45) is 0 Å². The summed E-state index contributed by atoms with van der Waals surface area (Å²) in [6.45, 7) is 0. The normalized spacial score (nSPS) is 23.5. The summed E-state index contributed by atoms with van der Waals surface area (Å²) in [7, 11) is 0. The number of hydrogen-bond donors (Lipinski definition) is 0. The molecule has 1 aliphatic carbocycles. The molecule has 19 heavy (non-hydrogen) atoms. The summed E-state index contributed by atoms with van der Waals surface area (Å²) >= 11 is 0. The predicted octanol–water partition coefficient (Wildman–Crippen LogP) is 2.18. The van der Waals surface area contributed by atoms with Gasteiger partial charge in [-0.2, -0.15) is 0 Å². The third kappa shape index (κ3) is 1.87. The van der Waals surface area contributed by atoms with Crippen LogP contribution in [0.1, 0.15) is 52.8 Å². The second kappa shape index (κ2) is 4.61. The van der Waals surface area contributed by atoms with Gasteiger partial charge in [-0.1, -0.05) is 25.0 Å². The molecule has 0 radical (unpaired) electrons. The molecule has 1 aliphatic heterocycles. The first kappa shape index (κ1) is 12.1. The zero-order chi connectivity index (χ0) is 13.4. The summed E-state index contributed by atoms with van der Waals surface area (Å²) < 4.78 is 0. The molecule has 1 saturated carbocycles. The van der Waals surface area contributed by atoms with E-state index in [-0.39, 0.29) is 17.6 Å². The highest BCUT2D eigenvalue weighted by atomic mass is 16.2. The highest BCUT2D eigenvalue weighted by Gasteiger charge is 2.42. The Morgan fingerprint density at radius 1 is 0.895 bits per heavy atom. The van der Waals surface area contributed by atoms with E-state index in [1.807, 2.05) is 0 Å². The first-order valence-electron chi connectivity index (χ1n) is 6.70. The molecule has 1 aromatic rings. The Morgan fingerprint density at radius 2 is 1.53 bits per heavy atom. The smallest absolute Gasteiger partial charge is 0.262 e. The van der Waals surface area contributed by atoms with Crippen LogP contribution in [0.5, 0.6) is 0 Å². The van der Waals surface area contributed by atoms with E-state index in [1.54, 1.807) is 24.3 Å². The van der Waals surface area contributed by atoms with Gasteiger partial charge < -0.3 is 0 Å². The Morgan fingerprint density at radius 3 is 2.16 bits per heavy atom. The van der Waals surface area contributed by atoms with Gasteiger partial charge in [0.2, 0.25) is 0 Å². The van der Waals surface area contributed by atoms with Crippen molar-refractivity contribution < 1.29 is 14.4 Å². The van der Waals surface area contributed by atoms with Gasteiger partial charge >= 0.3 is 0 Å². The molecular weight excluding hydrogens is 242 g/mol. The van der Waals surface area contributed by atoms with E-state index < -0.39 is 6.04 Å². The molecule has 3 rings (SSSR count). The SMILES string of the molecule is O=C1CCCCC[C@@H]1N1C(=O)c2ccccc2C1=O. The Kier molecular flexibility index (Phi) is 2.93. The van der Waals surface area contributed by atoms with Crippen molar-refractivity contribution in [2.45, 2.75) is 38.1 Å². The first-order chi connectivity index (χ1) is 9.20. The largest absolute Gasteiger partial charge is 0.297 e. The maximum atomic E-state index is 12.3. The van der Waals surface area contributed by atoms with Gasteiger partial charge in [0, 0.05) is 6.42 Å². The summed E-state index contributed by atoms with van der Waals surface area (Å²) in [6.07, 6.45) is 3.82. The average molecular weight is 257 g/mol. The van der Waals surface area contributed by atoms with Crippen molar-refractivity contribution >= 4 is 17.6 Å². The molecule has 1 fully saturated rings. The lowest BCUT2D eigenvalue weighted by Gasteiger charge is -2.23. The van der Waals surface area contributed by atoms with Crippen LogP contribution in [0, 0.1) is 0 Å². The van der Waals surface area contributed by atoms with Gasteiger partial charge in [0.05, 0.1) is 17.2 Å². The van der Waals surface area contributed by atoms with Gasteiger partial charge in [-0.15, -0.1) is 0 Å². The van der Waals surface area contributed by atoms with Crippen molar-refractivity contribution in [3.05, 3.63) is 35.4 Å². The van der Waals surface area contributed by atoms with Gasteiger partial charge in [-0.3, -0.25) is 19.3 Å². The van der Waals surface area contributed by atoms with Crippen LogP contribution in [0.25, 0.3) is 0 Å². The van der Waals surface area contributed by atoms with E-state index in [0.29, 0.717) is 24.0 Å². The molecule has 0 aromatic heterocycles. The van der Waals surface area contributed by atoms with Crippen LogP contribution in [0.3, 0.4) is 0 Å². The number of nitrogens with zero attached hydrogens (tertiary/aromatic N) is 1. The van der Waals surface area contributed by atoms with Crippen LogP contribution in [-0.4, -0.2) is 28.5 Å². The summed E-state index contributed by atoms with van der Waals surface area (Å²) in [5, 5.41) is 0. The van der Waals surface area contributed by atoms with Crippen molar-refractivity contribution in [3.8, 4) is 0 Å². The van der Waals surface area contributed by atoms with Crippen molar-refractivity contribution in [1.29, 1.82) is 0 Å².